The van der Waals surface area contributed by atoms with Crippen LogP contribution in [0, 0.1) is 0 Å². The van der Waals surface area contributed by atoms with Crippen LogP contribution in [0.2, 0.25) is 0 Å². The molecule has 0 amide bonds. The van der Waals surface area contributed by atoms with Crippen LogP contribution >= 0.6 is 0 Å². The fraction of sp³-hybridized carbons (Fsp3) is 0.750. The van der Waals surface area contributed by atoms with Gasteiger partial charge >= 0.3 is 0 Å². The van der Waals surface area contributed by atoms with E-state index in [1.807, 2.05) is 0 Å². The van der Waals surface area contributed by atoms with Crippen molar-refractivity contribution in [3.8, 4) is 0 Å². The summed E-state index contributed by atoms with van der Waals surface area (Å²) in [5.74, 6) is 0. The van der Waals surface area contributed by atoms with Crippen molar-refractivity contribution in [3.63, 3.8) is 0 Å². The number of sulfonamides is 1. The van der Waals surface area contributed by atoms with Gasteiger partial charge in [0.25, 0.3) is 0 Å². The minimum Gasteiger partial charge on any atom is -0.314 e. The van der Waals surface area contributed by atoms with Crippen molar-refractivity contribution < 1.29 is 8.42 Å². The van der Waals surface area contributed by atoms with E-state index in [1.54, 1.807) is 7.05 Å². The smallest absolute Gasteiger partial charge is 0.246 e. The van der Waals surface area contributed by atoms with E-state index in [0.717, 1.165) is 32.2 Å². The Balaban J connectivity index is 2.00. The zero-order chi connectivity index (χ0) is 13.9. The van der Waals surface area contributed by atoms with Gasteiger partial charge in [-0.05, 0) is 32.2 Å². The zero-order valence-electron chi connectivity index (χ0n) is 11.5. The molecular weight excluding hydrogens is 264 g/mol. The molecule has 1 fully saturated rings. The molecule has 6 nitrogen and oxygen atoms in total. The molecule has 1 aromatic heterocycles. The highest BCUT2D eigenvalue weighted by molar-refractivity contribution is 7.89. The molecule has 1 aliphatic rings. The number of nitrogens with zero attached hydrogens (tertiary/aromatic N) is 2. The Labute approximate surface area is 114 Å². The highest BCUT2D eigenvalue weighted by Gasteiger charge is 2.31. The molecule has 0 atom stereocenters. The summed E-state index contributed by atoms with van der Waals surface area (Å²) in [5.41, 5.74) is 0. The summed E-state index contributed by atoms with van der Waals surface area (Å²) in [7, 11) is -1.74. The van der Waals surface area contributed by atoms with Crippen molar-refractivity contribution in [1.82, 2.24) is 19.8 Å². The number of hydrogen-bond donors (Lipinski definition) is 2. The Morgan fingerprint density at radius 1 is 1.42 bits per heavy atom. The van der Waals surface area contributed by atoms with Gasteiger partial charge in [-0.3, -0.25) is 5.10 Å². The Morgan fingerprint density at radius 3 is 2.63 bits per heavy atom. The molecule has 0 saturated heterocycles. The van der Waals surface area contributed by atoms with Gasteiger partial charge in [-0.15, -0.1) is 0 Å². The molecule has 7 heteroatoms. The second kappa shape index (κ2) is 6.02. The van der Waals surface area contributed by atoms with Crippen LogP contribution in [0.5, 0.6) is 0 Å². The molecular formula is C12H22N4O2S. The first-order chi connectivity index (χ1) is 9.05. The number of hydrogen-bond acceptors (Lipinski definition) is 4. The molecule has 1 aliphatic carbocycles. The van der Waals surface area contributed by atoms with Gasteiger partial charge in [-0.25, -0.2) is 8.42 Å². The van der Waals surface area contributed by atoms with Crippen LogP contribution in [-0.4, -0.2) is 48.6 Å². The third-order valence-corrected chi connectivity index (χ3v) is 5.73. The van der Waals surface area contributed by atoms with Crippen LogP contribution in [-0.2, 0) is 10.0 Å². The lowest BCUT2D eigenvalue weighted by molar-refractivity contribution is 0.251. The summed E-state index contributed by atoms with van der Waals surface area (Å²) in [5, 5.41) is 9.69. The Bertz CT molecular complexity index is 478. The highest BCUT2D eigenvalue weighted by Crippen LogP contribution is 2.26. The summed E-state index contributed by atoms with van der Waals surface area (Å²) < 4.78 is 26.2. The molecule has 2 rings (SSSR count). The quantitative estimate of drug-likeness (QED) is 0.845. The molecule has 19 heavy (non-hydrogen) atoms. The minimum atomic E-state index is -3.41. The summed E-state index contributed by atoms with van der Waals surface area (Å²) >= 11 is 0. The summed E-state index contributed by atoms with van der Waals surface area (Å²) in [4.78, 5) is 0.240. The maximum atomic E-state index is 12.4. The summed E-state index contributed by atoms with van der Waals surface area (Å²) in [6.45, 7) is 3.07. The number of aromatic amines is 1. The van der Waals surface area contributed by atoms with Gasteiger partial charge in [-0.2, -0.15) is 9.40 Å². The molecule has 0 aromatic carbocycles. The minimum absolute atomic E-state index is 0.0924. The second-order valence-corrected chi connectivity index (χ2v) is 7.02. The van der Waals surface area contributed by atoms with Crippen molar-refractivity contribution in [3.05, 3.63) is 12.4 Å². The van der Waals surface area contributed by atoms with Gasteiger partial charge in [0.2, 0.25) is 10.0 Å². The molecule has 0 radical (unpaired) electrons. The standard InChI is InChI=1S/C12H22N4O2S/c1-3-13-10-4-6-11(7-5-10)16(2)19(17,18)12-8-14-15-9-12/h8-11,13H,3-7H2,1-2H3,(H,14,15). The van der Waals surface area contributed by atoms with E-state index in [1.165, 1.54) is 16.7 Å². The summed E-state index contributed by atoms with van der Waals surface area (Å²) in [6.07, 6.45) is 6.66. The van der Waals surface area contributed by atoms with Gasteiger partial charge in [0, 0.05) is 25.3 Å². The van der Waals surface area contributed by atoms with Crippen LogP contribution in [0.25, 0.3) is 0 Å². The first-order valence-electron chi connectivity index (χ1n) is 6.76. The predicted octanol–water partition coefficient (Wildman–Crippen LogP) is 0.951. The van der Waals surface area contributed by atoms with Gasteiger partial charge < -0.3 is 5.32 Å². The molecule has 1 aromatic rings. The average Bonchev–Trinajstić information content (AvgIpc) is 2.94. The molecule has 0 bridgehead atoms. The number of aromatic nitrogens is 2. The largest absolute Gasteiger partial charge is 0.314 e. The van der Waals surface area contributed by atoms with Crippen LogP contribution < -0.4 is 5.32 Å². The van der Waals surface area contributed by atoms with Gasteiger partial charge in [-0.1, -0.05) is 6.92 Å². The Kier molecular flexibility index (Phi) is 4.59. The second-order valence-electron chi connectivity index (χ2n) is 5.02. The van der Waals surface area contributed by atoms with E-state index in [4.69, 9.17) is 0 Å². The monoisotopic (exact) mass is 286 g/mol. The van der Waals surface area contributed by atoms with Crippen molar-refractivity contribution >= 4 is 10.0 Å². The van der Waals surface area contributed by atoms with Crippen LogP contribution in [0.4, 0.5) is 0 Å². The predicted molar refractivity (Wildman–Crippen MR) is 73.3 cm³/mol. The van der Waals surface area contributed by atoms with Gasteiger partial charge in [0.15, 0.2) is 0 Å². The first kappa shape index (κ1) is 14.5. The lowest BCUT2D eigenvalue weighted by Crippen LogP contribution is -2.43. The van der Waals surface area contributed by atoms with E-state index in [0.29, 0.717) is 6.04 Å². The SMILES string of the molecule is CCNC1CCC(N(C)S(=O)(=O)c2cn[nH]c2)CC1. The number of H-pyrrole nitrogens is 1. The lowest BCUT2D eigenvalue weighted by Gasteiger charge is -2.34. The maximum absolute atomic E-state index is 12.4. The molecule has 0 aliphatic heterocycles. The Hall–Kier alpha value is -0.920. The van der Waals surface area contributed by atoms with Crippen molar-refractivity contribution in [2.75, 3.05) is 13.6 Å². The molecule has 108 valence electrons. The maximum Gasteiger partial charge on any atom is 0.246 e. The molecule has 0 unspecified atom stereocenters. The summed E-state index contributed by atoms with van der Waals surface area (Å²) in [6, 6.07) is 0.626. The topological polar surface area (TPSA) is 78.1 Å². The van der Waals surface area contributed by atoms with Crippen LogP contribution in [0.1, 0.15) is 32.6 Å². The molecule has 0 spiro atoms. The number of nitrogens with one attached hydrogen (secondary N) is 2. The van der Waals surface area contributed by atoms with E-state index >= 15 is 0 Å². The van der Waals surface area contributed by atoms with E-state index < -0.39 is 10.0 Å². The third kappa shape index (κ3) is 3.16. The normalized spacial score (nSPS) is 24.8. The fourth-order valence-corrected chi connectivity index (χ4v) is 4.00. The lowest BCUT2D eigenvalue weighted by atomic mass is 9.91. The highest BCUT2D eigenvalue weighted by atomic mass is 32.2. The van der Waals surface area contributed by atoms with Gasteiger partial charge in [0.05, 0.1) is 6.20 Å². The fourth-order valence-electron chi connectivity index (χ4n) is 2.67. The average molecular weight is 286 g/mol. The van der Waals surface area contributed by atoms with E-state index in [2.05, 4.69) is 22.4 Å². The van der Waals surface area contributed by atoms with Crippen LogP contribution in [0.3, 0.4) is 0 Å². The van der Waals surface area contributed by atoms with E-state index in [9.17, 15) is 8.42 Å². The third-order valence-electron chi connectivity index (χ3n) is 3.85. The zero-order valence-corrected chi connectivity index (χ0v) is 12.3. The van der Waals surface area contributed by atoms with Crippen LogP contribution in [0.15, 0.2) is 17.3 Å². The van der Waals surface area contributed by atoms with Gasteiger partial charge in [0.1, 0.15) is 4.90 Å². The first-order valence-corrected chi connectivity index (χ1v) is 8.20. The van der Waals surface area contributed by atoms with Crippen molar-refractivity contribution in [1.29, 1.82) is 0 Å². The van der Waals surface area contributed by atoms with Crippen molar-refractivity contribution in [2.45, 2.75) is 49.6 Å². The molecule has 2 N–H and O–H groups in total. The Morgan fingerprint density at radius 2 is 2.11 bits per heavy atom. The molecule has 1 heterocycles. The number of rotatable bonds is 5. The van der Waals surface area contributed by atoms with Crippen molar-refractivity contribution in [2.24, 2.45) is 0 Å². The van der Waals surface area contributed by atoms with E-state index in [-0.39, 0.29) is 10.9 Å². The molecule has 1 saturated carbocycles.